The highest BCUT2D eigenvalue weighted by Crippen LogP contribution is 2.45. The molecule has 0 unspecified atom stereocenters. The van der Waals surface area contributed by atoms with Crippen LogP contribution in [0.3, 0.4) is 0 Å². The van der Waals surface area contributed by atoms with Gasteiger partial charge in [0.2, 0.25) is 10.0 Å². The summed E-state index contributed by atoms with van der Waals surface area (Å²) in [7, 11) is -14.5. The Balaban J connectivity index is 2.41. The maximum absolute atomic E-state index is 12.2. The zero-order valence-corrected chi connectivity index (χ0v) is 20.1. The Bertz CT molecular complexity index is 1960. The van der Waals surface area contributed by atoms with Crippen molar-refractivity contribution >= 4 is 53.2 Å². The van der Waals surface area contributed by atoms with Gasteiger partial charge in [-0.25, -0.2) is 13.6 Å². The standard InChI is InChI=1S/C20H15N3O10S3/c21-14-5-3-11-16(13-7-10(34(23,25)26)2-1-9(13)8-24)12-4-6-15(22)20(36(30,31)32)18(12)33-17(11)19(14)35(27,28)29/h1-8,21H,22H2,(H2,23,25,26)(H,27,28,29)(H,30,31,32). The first-order valence-corrected chi connectivity index (χ1v) is 13.9. The van der Waals surface area contributed by atoms with Gasteiger partial charge in [-0.1, -0.05) is 0 Å². The number of aldehydes is 1. The van der Waals surface area contributed by atoms with E-state index in [9.17, 15) is 39.2 Å². The topological polar surface area (TPSA) is 249 Å². The van der Waals surface area contributed by atoms with Crippen LogP contribution in [0.25, 0.3) is 33.4 Å². The maximum Gasteiger partial charge on any atom is 0.300 e. The predicted octanol–water partition coefficient (Wildman–Crippen LogP) is 1.22. The normalized spacial score (nSPS) is 12.8. The van der Waals surface area contributed by atoms with Gasteiger partial charge in [-0.15, -0.1) is 0 Å². The number of primary sulfonamides is 1. The number of nitrogen functional groups attached to an aromatic ring is 1. The van der Waals surface area contributed by atoms with E-state index in [0.717, 1.165) is 30.3 Å². The third-order valence-electron chi connectivity index (χ3n) is 5.26. The quantitative estimate of drug-likeness (QED) is 0.102. The molecule has 188 valence electrons. The third kappa shape index (κ3) is 4.15. The molecule has 2 aromatic rings. The lowest BCUT2D eigenvalue weighted by molar-refractivity contribution is 0.112. The fraction of sp³-hybridized carbons (Fsp3) is 0. The largest absolute Gasteiger partial charge is 0.453 e. The lowest BCUT2D eigenvalue weighted by Gasteiger charge is -2.20. The molecule has 4 rings (SSSR count). The Morgan fingerprint density at radius 1 is 0.861 bits per heavy atom. The van der Waals surface area contributed by atoms with E-state index in [-0.39, 0.29) is 27.6 Å². The summed E-state index contributed by atoms with van der Waals surface area (Å²) >= 11 is 0. The van der Waals surface area contributed by atoms with Crippen molar-refractivity contribution in [1.29, 1.82) is 5.41 Å². The Morgan fingerprint density at radius 3 is 2.06 bits per heavy atom. The number of carbonyl (C=O) groups excluding carboxylic acids is 1. The first-order chi connectivity index (χ1) is 16.6. The van der Waals surface area contributed by atoms with Gasteiger partial charge in [-0.3, -0.25) is 19.3 Å². The van der Waals surface area contributed by atoms with Crippen LogP contribution in [0.2, 0.25) is 0 Å². The van der Waals surface area contributed by atoms with Crippen LogP contribution < -0.4 is 16.2 Å². The van der Waals surface area contributed by atoms with Gasteiger partial charge in [0.25, 0.3) is 20.2 Å². The summed E-state index contributed by atoms with van der Waals surface area (Å²) in [6.07, 6.45) is 0.355. The van der Waals surface area contributed by atoms with Gasteiger partial charge in [-0.2, -0.15) is 16.8 Å². The summed E-state index contributed by atoms with van der Waals surface area (Å²) in [6.45, 7) is 0. The Labute approximate surface area is 203 Å². The minimum absolute atomic E-state index is 0.121. The number of hydrogen-bond acceptors (Lipinski definition) is 10. The smallest absolute Gasteiger partial charge is 0.300 e. The van der Waals surface area contributed by atoms with Crippen molar-refractivity contribution in [3.05, 3.63) is 53.4 Å². The highest BCUT2D eigenvalue weighted by atomic mass is 32.2. The minimum atomic E-state index is -5.14. The molecule has 1 heterocycles. The van der Waals surface area contributed by atoms with Crippen molar-refractivity contribution in [2.24, 2.45) is 5.14 Å². The van der Waals surface area contributed by atoms with Crippen molar-refractivity contribution in [3.8, 4) is 22.5 Å². The molecule has 1 aliphatic carbocycles. The van der Waals surface area contributed by atoms with E-state index in [0.29, 0.717) is 6.29 Å². The average molecular weight is 554 g/mol. The Hall–Kier alpha value is -3.67. The first-order valence-electron chi connectivity index (χ1n) is 9.49. The molecule has 0 fully saturated rings. The predicted molar refractivity (Wildman–Crippen MR) is 125 cm³/mol. The van der Waals surface area contributed by atoms with E-state index in [1.54, 1.807) is 0 Å². The van der Waals surface area contributed by atoms with Crippen molar-refractivity contribution < 1.29 is 43.6 Å². The summed E-state index contributed by atoms with van der Waals surface area (Å²) in [5.41, 5.74) is 4.00. The zero-order valence-electron chi connectivity index (χ0n) is 17.7. The SMILES string of the molecule is N=c1ccc2c(-c3cc(S(N)(=O)=O)ccc3C=O)c3ccc(N)c(S(=O)(=O)O)c3oc-2c1S(=O)(=O)O. The van der Waals surface area contributed by atoms with Crippen molar-refractivity contribution in [2.75, 3.05) is 5.73 Å². The number of anilines is 1. The van der Waals surface area contributed by atoms with Gasteiger partial charge in [0, 0.05) is 22.1 Å². The van der Waals surface area contributed by atoms with Gasteiger partial charge < -0.3 is 10.2 Å². The van der Waals surface area contributed by atoms with Crippen LogP contribution in [0.4, 0.5) is 5.69 Å². The van der Waals surface area contributed by atoms with E-state index in [1.165, 1.54) is 12.1 Å². The molecule has 0 saturated heterocycles. The number of hydrogen-bond donors (Lipinski definition) is 5. The van der Waals surface area contributed by atoms with Crippen LogP contribution >= 0.6 is 0 Å². The van der Waals surface area contributed by atoms with Crippen molar-refractivity contribution in [3.63, 3.8) is 0 Å². The van der Waals surface area contributed by atoms with E-state index in [2.05, 4.69) is 0 Å². The number of sulfonamides is 1. The highest BCUT2D eigenvalue weighted by Gasteiger charge is 2.31. The maximum atomic E-state index is 12.2. The summed E-state index contributed by atoms with van der Waals surface area (Å²) < 4.78 is 97.8. The number of benzene rings is 3. The number of nitrogens with one attached hydrogen (secondary N) is 1. The fourth-order valence-corrected chi connectivity index (χ4v) is 5.85. The Morgan fingerprint density at radius 2 is 1.50 bits per heavy atom. The van der Waals surface area contributed by atoms with E-state index < -0.39 is 67.3 Å². The molecule has 2 aliphatic rings. The second-order valence-electron chi connectivity index (χ2n) is 7.52. The molecule has 2 aromatic carbocycles. The van der Waals surface area contributed by atoms with Gasteiger partial charge in [0.15, 0.2) is 27.4 Å². The number of fused-ring (bicyclic) bond motifs is 2. The number of nitrogens with two attached hydrogens (primary N) is 2. The van der Waals surface area contributed by atoms with Crippen molar-refractivity contribution in [2.45, 2.75) is 14.7 Å². The molecular formula is C20H15N3O10S3. The monoisotopic (exact) mass is 553 g/mol. The summed E-state index contributed by atoms with van der Waals surface area (Å²) in [5, 5.41) is 12.3. The molecule has 7 N–H and O–H groups in total. The molecule has 0 radical (unpaired) electrons. The zero-order chi connectivity index (χ0) is 26.8. The number of carbonyl (C=O) groups is 1. The number of rotatable bonds is 5. The molecule has 16 heteroatoms. The van der Waals surface area contributed by atoms with Crippen LogP contribution in [0.5, 0.6) is 0 Å². The minimum Gasteiger partial charge on any atom is -0.453 e. The highest BCUT2D eigenvalue weighted by molar-refractivity contribution is 7.89. The lowest BCUT2D eigenvalue weighted by Crippen LogP contribution is -2.16. The van der Waals surface area contributed by atoms with Gasteiger partial charge >= 0.3 is 0 Å². The third-order valence-corrected chi connectivity index (χ3v) is 8.03. The summed E-state index contributed by atoms with van der Waals surface area (Å²) in [5.74, 6) is -0.721. The molecule has 0 bridgehead atoms. The molecule has 36 heavy (non-hydrogen) atoms. The molecule has 0 atom stereocenters. The first kappa shape index (κ1) is 25.4. The van der Waals surface area contributed by atoms with Crippen LogP contribution in [-0.2, 0) is 30.3 Å². The average Bonchev–Trinajstić information content (AvgIpc) is 2.74. The Kier molecular flexibility index (Phi) is 5.78. The second-order valence-corrected chi connectivity index (χ2v) is 11.8. The van der Waals surface area contributed by atoms with Crippen LogP contribution in [0.15, 0.2) is 61.6 Å². The molecule has 0 saturated carbocycles. The van der Waals surface area contributed by atoms with Gasteiger partial charge in [0.05, 0.1) is 15.9 Å². The van der Waals surface area contributed by atoms with Crippen molar-refractivity contribution in [1.82, 2.24) is 0 Å². The summed E-state index contributed by atoms with van der Waals surface area (Å²) in [6, 6.07) is 7.66. The second kappa shape index (κ2) is 8.19. The summed E-state index contributed by atoms with van der Waals surface area (Å²) in [4.78, 5) is 9.41. The van der Waals surface area contributed by atoms with Gasteiger partial charge in [-0.05, 0) is 48.0 Å². The van der Waals surface area contributed by atoms with Crippen LogP contribution in [-0.4, -0.2) is 40.6 Å². The fourth-order valence-electron chi connectivity index (χ4n) is 3.83. The van der Waals surface area contributed by atoms with E-state index in [4.69, 9.17) is 20.7 Å². The molecule has 0 aromatic heterocycles. The van der Waals surface area contributed by atoms with E-state index >= 15 is 0 Å². The molecule has 0 amide bonds. The van der Waals surface area contributed by atoms with Gasteiger partial charge in [0.1, 0.15) is 0 Å². The molecule has 1 aliphatic heterocycles. The van der Waals surface area contributed by atoms with Crippen LogP contribution in [0.1, 0.15) is 10.4 Å². The van der Waals surface area contributed by atoms with E-state index in [1.807, 2.05) is 0 Å². The van der Waals surface area contributed by atoms with Crippen LogP contribution in [0, 0.1) is 5.41 Å². The molecule has 0 spiro atoms. The molecule has 13 nitrogen and oxygen atoms in total. The lowest BCUT2D eigenvalue weighted by atomic mass is 9.91. The molecular weight excluding hydrogens is 538 g/mol.